The lowest BCUT2D eigenvalue weighted by molar-refractivity contribution is -0.445. The number of benzene rings is 2. The van der Waals surface area contributed by atoms with Crippen LogP contribution in [0.3, 0.4) is 0 Å². The van der Waals surface area contributed by atoms with Crippen molar-refractivity contribution in [3.8, 4) is 16.9 Å². The van der Waals surface area contributed by atoms with Gasteiger partial charge >= 0.3 is 30.1 Å². The summed E-state index contributed by atoms with van der Waals surface area (Å²) >= 11 is 0. The first-order chi connectivity index (χ1) is 16.4. The van der Waals surface area contributed by atoms with Crippen LogP contribution in [-0.2, 0) is 0 Å². The summed E-state index contributed by atoms with van der Waals surface area (Å²) in [5, 5.41) is 0. The van der Waals surface area contributed by atoms with Crippen LogP contribution in [0.15, 0.2) is 48.5 Å². The van der Waals surface area contributed by atoms with E-state index in [4.69, 9.17) is 0 Å². The topological polar surface area (TPSA) is 9.23 Å². The third-order valence-corrected chi connectivity index (χ3v) is 6.34. The number of alkyl halides is 11. The van der Waals surface area contributed by atoms with Crippen molar-refractivity contribution in [2.24, 2.45) is 5.92 Å². The van der Waals surface area contributed by atoms with Gasteiger partial charge in [-0.25, -0.2) is 0 Å². The molecule has 0 amide bonds. The molecule has 0 spiro atoms. The maximum Gasteiger partial charge on any atom is 0.471 e. The van der Waals surface area contributed by atoms with E-state index in [9.17, 15) is 48.3 Å². The van der Waals surface area contributed by atoms with Gasteiger partial charge in [-0.15, -0.1) is 0 Å². The van der Waals surface area contributed by atoms with Crippen molar-refractivity contribution >= 4 is 0 Å². The molecule has 12 heteroatoms. The summed E-state index contributed by atoms with van der Waals surface area (Å²) in [5.74, 6) is -22.3. The minimum atomic E-state index is -7.51. The Morgan fingerprint density at radius 1 is 0.583 bits per heavy atom. The predicted octanol–water partition coefficient (Wildman–Crippen LogP) is 9.09. The third-order valence-electron chi connectivity index (χ3n) is 6.34. The van der Waals surface area contributed by atoms with Gasteiger partial charge in [-0.1, -0.05) is 56.2 Å². The second-order valence-corrected chi connectivity index (χ2v) is 8.94. The first kappa shape index (κ1) is 28.0. The molecule has 2 aromatic rings. The molecule has 1 fully saturated rings. The number of halogens is 11. The molecule has 2 aromatic carbocycles. The molecule has 0 bridgehead atoms. The summed E-state index contributed by atoms with van der Waals surface area (Å²) in [4.78, 5) is 0. The molecule has 0 atom stereocenters. The molecule has 0 aliphatic heterocycles. The van der Waals surface area contributed by atoms with Crippen LogP contribution in [0.4, 0.5) is 48.3 Å². The fraction of sp³-hybridized carbons (Fsp3) is 0.500. The highest BCUT2D eigenvalue weighted by Gasteiger charge is 2.88. The summed E-state index contributed by atoms with van der Waals surface area (Å²) < 4.78 is 148. The highest BCUT2D eigenvalue weighted by molar-refractivity contribution is 5.64. The third kappa shape index (κ3) is 5.00. The molecular weight excluding hydrogens is 513 g/mol. The molecule has 0 unspecified atom stereocenters. The van der Waals surface area contributed by atoms with Crippen molar-refractivity contribution in [3.63, 3.8) is 0 Å². The molecule has 0 N–H and O–H groups in total. The van der Waals surface area contributed by atoms with Crippen LogP contribution >= 0.6 is 0 Å². The molecule has 0 aromatic heterocycles. The van der Waals surface area contributed by atoms with Gasteiger partial charge in [0.2, 0.25) is 0 Å². The van der Waals surface area contributed by atoms with Gasteiger partial charge in [0.25, 0.3) is 0 Å². The largest absolute Gasteiger partial charge is 0.471 e. The second-order valence-electron chi connectivity index (χ2n) is 8.94. The van der Waals surface area contributed by atoms with E-state index in [0.717, 1.165) is 43.4 Å². The predicted molar refractivity (Wildman–Crippen MR) is 109 cm³/mol. The number of hydrogen-bond acceptors (Lipinski definition) is 1. The minimum Gasteiger partial charge on any atom is -0.428 e. The SMILES string of the molecule is CC1CCC(c2ccc(-c3ccc(OC(F)(F)C(F)(F)C(F)(F)C(F)(F)C(F)(F)F)cc3)cc2)CC1. The summed E-state index contributed by atoms with van der Waals surface area (Å²) in [6.07, 6.45) is -9.33. The van der Waals surface area contributed by atoms with Gasteiger partial charge in [-0.3, -0.25) is 0 Å². The average Bonchev–Trinajstić information content (AvgIpc) is 2.79. The maximum absolute atomic E-state index is 13.8. The molecule has 200 valence electrons. The van der Waals surface area contributed by atoms with Crippen LogP contribution in [0.25, 0.3) is 11.1 Å². The van der Waals surface area contributed by atoms with Crippen LogP contribution in [-0.4, -0.2) is 30.1 Å². The van der Waals surface area contributed by atoms with Crippen molar-refractivity contribution in [2.75, 3.05) is 0 Å². The van der Waals surface area contributed by atoms with E-state index in [2.05, 4.69) is 11.7 Å². The number of hydrogen-bond donors (Lipinski definition) is 0. The van der Waals surface area contributed by atoms with E-state index in [1.165, 1.54) is 0 Å². The van der Waals surface area contributed by atoms with E-state index >= 15 is 0 Å². The Hall–Kier alpha value is -2.53. The lowest BCUT2D eigenvalue weighted by atomic mass is 9.79. The van der Waals surface area contributed by atoms with Crippen molar-refractivity contribution in [1.29, 1.82) is 0 Å². The van der Waals surface area contributed by atoms with Gasteiger partial charge in [0.05, 0.1) is 0 Å². The summed E-state index contributed by atoms with van der Waals surface area (Å²) in [6.45, 7) is 2.19. The fourth-order valence-corrected chi connectivity index (χ4v) is 4.03. The molecular formula is C24H21F11O. The Bertz CT molecular complexity index is 1020. The Morgan fingerprint density at radius 2 is 1.03 bits per heavy atom. The molecule has 1 nitrogen and oxygen atoms in total. The zero-order valence-corrected chi connectivity index (χ0v) is 18.7. The molecule has 3 rings (SSSR count). The van der Waals surface area contributed by atoms with Gasteiger partial charge in [-0.2, -0.15) is 48.3 Å². The smallest absolute Gasteiger partial charge is 0.428 e. The first-order valence-corrected chi connectivity index (χ1v) is 10.9. The minimum absolute atomic E-state index is 0.398. The highest BCUT2D eigenvalue weighted by Crippen LogP contribution is 2.57. The van der Waals surface area contributed by atoms with Crippen molar-refractivity contribution in [2.45, 2.75) is 68.6 Å². The molecule has 0 saturated heterocycles. The zero-order valence-electron chi connectivity index (χ0n) is 18.7. The van der Waals surface area contributed by atoms with Crippen LogP contribution in [0, 0.1) is 5.92 Å². The number of rotatable bonds is 7. The quantitative estimate of drug-likeness (QED) is 0.322. The lowest BCUT2D eigenvalue weighted by Crippen LogP contribution is -2.67. The van der Waals surface area contributed by atoms with Gasteiger partial charge in [0.15, 0.2) is 0 Å². The monoisotopic (exact) mass is 534 g/mol. The molecule has 0 heterocycles. The van der Waals surface area contributed by atoms with E-state index in [-0.39, 0.29) is 0 Å². The molecule has 1 aliphatic rings. The Balaban J connectivity index is 1.75. The van der Waals surface area contributed by atoms with Crippen molar-refractivity contribution in [1.82, 2.24) is 0 Å². The van der Waals surface area contributed by atoms with Gasteiger partial charge in [-0.05, 0) is 53.5 Å². The Kier molecular flexibility index (Phi) is 7.33. The summed E-state index contributed by atoms with van der Waals surface area (Å²) in [7, 11) is 0. The van der Waals surface area contributed by atoms with Crippen LogP contribution in [0.2, 0.25) is 0 Å². The normalized spacial score (nSPS) is 20.3. The molecule has 1 aliphatic carbocycles. The first-order valence-electron chi connectivity index (χ1n) is 10.9. The number of ether oxygens (including phenoxy) is 1. The second kappa shape index (κ2) is 9.41. The highest BCUT2D eigenvalue weighted by atomic mass is 19.4. The fourth-order valence-electron chi connectivity index (χ4n) is 4.03. The van der Waals surface area contributed by atoms with Gasteiger partial charge in [0, 0.05) is 0 Å². The Labute approximate surface area is 199 Å². The lowest BCUT2D eigenvalue weighted by Gasteiger charge is -2.36. The van der Waals surface area contributed by atoms with Gasteiger partial charge in [0.1, 0.15) is 5.75 Å². The standard InChI is InChI=1S/C24H21F11O/c1-14-2-4-15(5-3-14)16-6-8-17(9-7-16)18-10-12-19(13-11-18)36-24(34,35)22(29,30)20(25,26)21(27,28)23(31,32)33/h6-15H,2-5H2,1H3. The molecule has 1 saturated carbocycles. The average molecular weight is 534 g/mol. The van der Waals surface area contributed by atoms with E-state index in [0.29, 0.717) is 35.1 Å². The molecule has 36 heavy (non-hydrogen) atoms. The van der Waals surface area contributed by atoms with Crippen molar-refractivity contribution < 1.29 is 53.0 Å². The van der Waals surface area contributed by atoms with Crippen LogP contribution in [0.1, 0.15) is 44.1 Å². The molecule has 0 radical (unpaired) electrons. The van der Waals surface area contributed by atoms with Crippen molar-refractivity contribution in [3.05, 3.63) is 54.1 Å². The summed E-state index contributed by atoms with van der Waals surface area (Å²) in [5.41, 5.74) is 2.11. The van der Waals surface area contributed by atoms with Crippen LogP contribution < -0.4 is 4.74 Å². The van der Waals surface area contributed by atoms with Gasteiger partial charge < -0.3 is 4.74 Å². The Morgan fingerprint density at radius 3 is 1.47 bits per heavy atom. The van der Waals surface area contributed by atoms with E-state index in [1.807, 2.05) is 12.1 Å². The van der Waals surface area contributed by atoms with E-state index in [1.54, 1.807) is 12.1 Å². The summed E-state index contributed by atoms with van der Waals surface area (Å²) in [6, 6.07) is 10.8. The zero-order chi connectivity index (χ0) is 27.2. The maximum atomic E-state index is 13.8. The van der Waals surface area contributed by atoms with Crippen LogP contribution in [0.5, 0.6) is 5.75 Å². The van der Waals surface area contributed by atoms with E-state index < -0.39 is 35.8 Å².